The first-order valence-corrected chi connectivity index (χ1v) is 15.9. The lowest BCUT2D eigenvalue weighted by atomic mass is 9.97. The summed E-state index contributed by atoms with van der Waals surface area (Å²) in [5.74, 6) is 0.482. The second-order valence-corrected chi connectivity index (χ2v) is 11.9. The van der Waals surface area contributed by atoms with Crippen LogP contribution in [0.2, 0.25) is 0 Å². The quantitative estimate of drug-likeness (QED) is 0.102. The zero-order valence-electron chi connectivity index (χ0n) is 24.6. The van der Waals surface area contributed by atoms with Crippen LogP contribution >= 0.6 is 11.8 Å². The summed E-state index contributed by atoms with van der Waals surface area (Å²) in [6.45, 7) is 0.388. The number of nitrogens with one attached hydrogen (secondary N) is 1. The first-order chi connectivity index (χ1) is 22.1. The number of carbonyl (C=O) groups excluding carboxylic acids is 1. The highest BCUT2D eigenvalue weighted by atomic mass is 32.2. The van der Waals surface area contributed by atoms with E-state index < -0.39 is 6.29 Å². The lowest BCUT2D eigenvalue weighted by Gasteiger charge is -2.36. The van der Waals surface area contributed by atoms with E-state index in [4.69, 9.17) is 9.47 Å². The molecule has 0 radical (unpaired) electrons. The van der Waals surface area contributed by atoms with Crippen LogP contribution in [0.15, 0.2) is 133 Å². The molecule has 3 atom stereocenters. The Morgan fingerprint density at radius 1 is 0.844 bits per heavy atom. The molecule has 2 heterocycles. The summed E-state index contributed by atoms with van der Waals surface area (Å²) in [7, 11) is 0. The molecule has 1 aromatic heterocycles. The van der Waals surface area contributed by atoms with E-state index in [-0.39, 0.29) is 24.7 Å². The summed E-state index contributed by atoms with van der Waals surface area (Å²) in [5, 5.41) is 25.4. The van der Waals surface area contributed by atoms with Crippen molar-refractivity contribution in [2.75, 3.05) is 5.75 Å². The maximum Gasteiger partial charge on any atom is 0.251 e. The van der Waals surface area contributed by atoms with Crippen molar-refractivity contribution in [3.63, 3.8) is 0 Å². The van der Waals surface area contributed by atoms with E-state index >= 15 is 0 Å². The van der Waals surface area contributed by atoms with Crippen LogP contribution in [0.3, 0.4) is 0 Å². The van der Waals surface area contributed by atoms with Gasteiger partial charge in [-0.25, -0.2) is 0 Å². The summed E-state index contributed by atoms with van der Waals surface area (Å²) in [6.07, 6.45) is 1.15. The van der Waals surface area contributed by atoms with Crippen molar-refractivity contribution in [1.82, 2.24) is 5.32 Å². The van der Waals surface area contributed by atoms with Gasteiger partial charge in [-0.05, 0) is 46.0 Å². The van der Waals surface area contributed by atoms with E-state index in [1.165, 1.54) is 18.0 Å². The Morgan fingerprint density at radius 3 is 2.31 bits per heavy atom. The van der Waals surface area contributed by atoms with Gasteiger partial charge >= 0.3 is 0 Å². The van der Waals surface area contributed by atoms with Crippen molar-refractivity contribution in [2.45, 2.75) is 43.1 Å². The maximum absolute atomic E-state index is 12.6. The minimum Gasteiger partial charge on any atom is -0.618 e. The largest absolute Gasteiger partial charge is 0.618 e. The molecule has 7 nitrogen and oxygen atoms in total. The number of aromatic nitrogens is 1. The van der Waals surface area contributed by atoms with E-state index in [0.29, 0.717) is 29.3 Å². The summed E-state index contributed by atoms with van der Waals surface area (Å²) >= 11 is 1.47. The molecular weight excluding hydrogens is 584 g/mol. The smallest absolute Gasteiger partial charge is 0.251 e. The number of rotatable bonds is 10. The molecule has 1 aliphatic heterocycles. The molecule has 1 fully saturated rings. The molecule has 4 aromatic carbocycles. The molecule has 5 aromatic rings. The molecule has 45 heavy (non-hydrogen) atoms. The third-order valence-electron chi connectivity index (χ3n) is 7.81. The van der Waals surface area contributed by atoms with Crippen LogP contribution in [0.4, 0.5) is 0 Å². The number of aliphatic hydroxyl groups excluding tert-OH is 1. The molecule has 3 unspecified atom stereocenters. The monoisotopic (exact) mass is 618 g/mol. The minimum absolute atomic E-state index is 0.0159. The maximum atomic E-state index is 12.6. The van der Waals surface area contributed by atoms with Crippen LogP contribution in [0, 0.1) is 5.21 Å². The van der Waals surface area contributed by atoms with Crippen LogP contribution in [0.5, 0.6) is 0 Å². The predicted molar refractivity (Wildman–Crippen MR) is 174 cm³/mol. The normalized spacial score (nSPS) is 17.9. The van der Waals surface area contributed by atoms with Crippen LogP contribution in [-0.4, -0.2) is 22.9 Å². The van der Waals surface area contributed by atoms with Crippen molar-refractivity contribution in [3.8, 4) is 11.1 Å². The van der Waals surface area contributed by atoms with Crippen molar-refractivity contribution < 1.29 is 24.1 Å². The van der Waals surface area contributed by atoms with Gasteiger partial charge in [0.15, 0.2) is 12.5 Å². The van der Waals surface area contributed by atoms with Crippen molar-refractivity contribution in [1.29, 1.82) is 0 Å². The van der Waals surface area contributed by atoms with Gasteiger partial charge in [0.05, 0.1) is 18.8 Å². The standard InChI is InChI=1S/C37H34N2O5S/c40-24-26-13-15-28(16-14-26)34-22-32(25-45-35-12-6-7-21-39(35)42)43-37(44-34)30-19-17-27(18-20-30)33-11-5-4-10-31(33)23-38-36(41)29-8-2-1-3-9-29/h1-21,32,34,37,40H,22-25H2,(H,38,41). The second-order valence-electron chi connectivity index (χ2n) is 10.9. The van der Waals surface area contributed by atoms with Gasteiger partial charge in [0.25, 0.3) is 10.9 Å². The second kappa shape index (κ2) is 14.5. The predicted octanol–water partition coefficient (Wildman–Crippen LogP) is 6.75. The lowest BCUT2D eigenvalue weighted by Crippen LogP contribution is -2.32. The number of hydrogen-bond acceptors (Lipinski definition) is 6. The summed E-state index contributed by atoms with van der Waals surface area (Å²) < 4.78 is 13.8. The molecule has 0 saturated carbocycles. The van der Waals surface area contributed by atoms with Crippen molar-refractivity contribution in [2.24, 2.45) is 0 Å². The molecule has 2 N–H and O–H groups in total. The highest BCUT2D eigenvalue weighted by molar-refractivity contribution is 7.99. The van der Waals surface area contributed by atoms with E-state index in [1.807, 2.05) is 97.1 Å². The third kappa shape index (κ3) is 7.61. The molecule has 0 spiro atoms. The summed E-state index contributed by atoms with van der Waals surface area (Å²) in [4.78, 5) is 12.6. The number of hydrogen-bond donors (Lipinski definition) is 2. The van der Waals surface area contributed by atoms with Gasteiger partial charge in [-0.3, -0.25) is 4.79 Å². The van der Waals surface area contributed by atoms with Gasteiger partial charge in [0.2, 0.25) is 0 Å². The first-order valence-electron chi connectivity index (χ1n) is 14.9. The number of pyridine rings is 1. The first kappa shape index (κ1) is 30.6. The van der Waals surface area contributed by atoms with Gasteiger partial charge in [-0.1, -0.05) is 103 Å². The van der Waals surface area contributed by atoms with Gasteiger partial charge < -0.3 is 25.1 Å². The Balaban J connectivity index is 1.19. The molecule has 1 amide bonds. The van der Waals surface area contributed by atoms with Crippen LogP contribution in [-0.2, 0) is 22.6 Å². The highest BCUT2D eigenvalue weighted by Crippen LogP contribution is 2.39. The Bertz CT molecular complexity index is 1710. The average Bonchev–Trinajstić information content (AvgIpc) is 3.11. The Morgan fingerprint density at radius 2 is 1.56 bits per heavy atom. The Labute approximate surface area is 267 Å². The van der Waals surface area contributed by atoms with E-state index in [2.05, 4.69) is 11.4 Å². The number of ether oxygens (including phenoxy) is 2. The highest BCUT2D eigenvalue weighted by Gasteiger charge is 2.32. The zero-order valence-corrected chi connectivity index (χ0v) is 25.4. The summed E-state index contributed by atoms with van der Waals surface area (Å²) in [6, 6.07) is 38.5. The SMILES string of the molecule is O=C(NCc1ccccc1-c1ccc(C2OC(CSc3cccc[n+]3[O-])CC(c3ccc(CO)cc3)O2)cc1)c1ccccc1. The lowest BCUT2D eigenvalue weighted by molar-refractivity contribution is -0.645. The molecule has 6 rings (SSSR count). The van der Waals surface area contributed by atoms with Crippen LogP contribution in [0.1, 0.15) is 51.4 Å². The van der Waals surface area contributed by atoms with E-state index in [0.717, 1.165) is 38.1 Å². The van der Waals surface area contributed by atoms with Crippen LogP contribution < -0.4 is 10.0 Å². The van der Waals surface area contributed by atoms with Gasteiger partial charge in [-0.2, -0.15) is 4.73 Å². The number of nitrogens with zero attached hydrogens (tertiary/aromatic N) is 1. The minimum atomic E-state index is -0.600. The van der Waals surface area contributed by atoms with E-state index in [1.54, 1.807) is 18.2 Å². The molecule has 1 saturated heterocycles. The fraction of sp³-hybridized carbons (Fsp3) is 0.189. The molecule has 1 aliphatic rings. The number of benzene rings is 4. The average molecular weight is 619 g/mol. The number of carbonyl (C=O) groups is 1. The molecule has 0 aliphatic carbocycles. The molecule has 0 bridgehead atoms. The fourth-order valence-electron chi connectivity index (χ4n) is 5.37. The van der Waals surface area contributed by atoms with Gasteiger partial charge in [0, 0.05) is 42.0 Å². The third-order valence-corrected chi connectivity index (χ3v) is 8.96. The fourth-order valence-corrected chi connectivity index (χ4v) is 6.30. The molecule has 228 valence electrons. The van der Waals surface area contributed by atoms with Gasteiger partial charge in [-0.15, -0.1) is 0 Å². The van der Waals surface area contributed by atoms with E-state index in [9.17, 15) is 15.1 Å². The van der Waals surface area contributed by atoms with Crippen molar-refractivity contribution in [3.05, 3.63) is 161 Å². The van der Waals surface area contributed by atoms with Gasteiger partial charge in [0.1, 0.15) is 0 Å². The number of aliphatic hydroxyl groups is 1. The summed E-state index contributed by atoms with van der Waals surface area (Å²) in [5.41, 5.74) is 6.44. The zero-order chi connectivity index (χ0) is 31.0. The topological polar surface area (TPSA) is 94.7 Å². The molecular formula is C37H34N2O5S. The Kier molecular flexibility index (Phi) is 9.87. The molecule has 8 heteroatoms. The van der Waals surface area contributed by atoms with Crippen molar-refractivity contribution >= 4 is 17.7 Å². The number of thioether (sulfide) groups is 1. The Hall–Kier alpha value is -4.47. The number of amides is 1. The van der Waals surface area contributed by atoms with Crippen LogP contribution in [0.25, 0.3) is 11.1 Å².